The molecule has 1 saturated heterocycles. The van der Waals surface area contributed by atoms with Crippen LogP contribution in [0.3, 0.4) is 0 Å². The molecule has 0 amide bonds. The first kappa shape index (κ1) is 11.7. The fraction of sp³-hybridized carbons (Fsp3) is 0.600. The summed E-state index contributed by atoms with van der Waals surface area (Å²) in [5.41, 5.74) is 2.76. The van der Waals surface area contributed by atoms with Crippen molar-refractivity contribution in [2.75, 3.05) is 0 Å². The van der Waals surface area contributed by atoms with Gasteiger partial charge < -0.3 is 4.74 Å². The van der Waals surface area contributed by atoms with Crippen molar-refractivity contribution in [1.29, 1.82) is 0 Å². The minimum atomic E-state index is -0.252. The van der Waals surface area contributed by atoms with Crippen molar-refractivity contribution in [3.05, 3.63) is 23.3 Å². The summed E-state index contributed by atoms with van der Waals surface area (Å²) >= 11 is 0. The minimum absolute atomic E-state index is 0.0268. The Morgan fingerprint density at radius 3 is 2.67 bits per heavy atom. The van der Waals surface area contributed by atoms with E-state index in [0.29, 0.717) is 23.8 Å². The van der Waals surface area contributed by atoms with E-state index in [-0.39, 0.29) is 23.8 Å². The van der Waals surface area contributed by atoms with Crippen LogP contribution in [0.5, 0.6) is 0 Å². The number of carbonyl (C=O) groups excluding carboxylic acids is 2. The Kier molecular flexibility index (Phi) is 2.47. The number of ether oxygens (including phenoxy) is 1. The summed E-state index contributed by atoms with van der Waals surface area (Å²) < 4.78 is 5.41. The van der Waals surface area contributed by atoms with Gasteiger partial charge >= 0.3 is 5.97 Å². The molecule has 3 rings (SSSR count). The van der Waals surface area contributed by atoms with Crippen molar-refractivity contribution in [3.8, 4) is 0 Å². The number of ketones is 1. The molecule has 0 aromatic heterocycles. The number of hydrogen-bond acceptors (Lipinski definition) is 3. The molecule has 1 heterocycles. The Morgan fingerprint density at radius 2 is 1.94 bits per heavy atom. The highest BCUT2D eigenvalue weighted by Gasteiger charge is 2.46. The number of esters is 1. The van der Waals surface area contributed by atoms with Gasteiger partial charge in [0, 0.05) is 17.9 Å². The molecule has 2 fully saturated rings. The van der Waals surface area contributed by atoms with E-state index in [1.807, 2.05) is 6.92 Å². The van der Waals surface area contributed by atoms with Crippen LogP contribution in [0.1, 0.15) is 33.1 Å². The number of fused-ring (bicyclic) bond motifs is 2. The van der Waals surface area contributed by atoms with Gasteiger partial charge in [-0.25, -0.2) is 4.79 Å². The van der Waals surface area contributed by atoms with Gasteiger partial charge in [-0.2, -0.15) is 0 Å². The fourth-order valence-corrected chi connectivity index (χ4v) is 3.69. The molecule has 1 saturated carbocycles. The van der Waals surface area contributed by atoms with Crippen LogP contribution < -0.4 is 0 Å². The van der Waals surface area contributed by atoms with E-state index in [1.54, 1.807) is 0 Å². The monoisotopic (exact) mass is 246 g/mol. The Labute approximate surface area is 107 Å². The maximum atomic E-state index is 11.9. The van der Waals surface area contributed by atoms with E-state index in [1.165, 1.54) is 5.57 Å². The van der Waals surface area contributed by atoms with Crippen LogP contribution in [-0.4, -0.2) is 17.9 Å². The Morgan fingerprint density at radius 1 is 1.22 bits per heavy atom. The topological polar surface area (TPSA) is 43.4 Å². The van der Waals surface area contributed by atoms with Crippen molar-refractivity contribution in [2.45, 2.75) is 39.2 Å². The first-order valence-electron chi connectivity index (χ1n) is 6.61. The molecular formula is C15H18O3. The maximum Gasteiger partial charge on any atom is 0.334 e. The third kappa shape index (κ3) is 1.49. The first-order valence-corrected chi connectivity index (χ1v) is 6.61. The summed E-state index contributed by atoms with van der Waals surface area (Å²) in [6, 6.07) is 0. The molecule has 4 atom stereocenters. The summed E-state index contributed by atoms with van der Waals surface area (Å²) in [7, 11) is 0. The van der Waals surface area contributed by atoms with Crippen LogP contribution in [0, 0.1) is 17.8 Å². The van der Waals surface area contributed by atoms with Crippen molar-refractivity contribution in [3.63, 3.8) is 0 Å². The number of carbonyl (C=O) groups is 2. The van der Waals surface area contributed by atoms with E-state index in [2.05, 4.69) is 13.5 Å². The average molecular weight is 246 g/mol. The van der Waals surface area contributed by atoms with Gasteiger partial charge in [0.15, 0.2) is 5.78 Å². The van der Waals surface area contributed by atoms with Crippen molar-refractivity contribution >= 4 is 11.8 Å². The molecule has 0 aromatic carbocycles. The molecule has 0 spiro atoms. The molecule has 3 heteroatoms. The Hall–Kier alpha value is -1.38. The summed E-state index contributed by atoms with van der Waals surface area (Å²) in [5, 5.41) is 0. The Balaban J connectivity index is 1.99. The summed E-state index contributed by atoms with van der Waals surface area (Å²) in [4.78, 5) is 23.5. The lowest BCUT2D eigenvalue weighted by Gasteiger charge is -2.19. The molecule has 3 aliphatic rings. The molecule has 0 N–H and O–H groups in total. The van der Waals surface area contributed by atoms with Crippen molar-refractivity contribution in [1.82, 2.24) is 0 Å². The molecule has 0 radical (unpaired) electrons. The number of rotatable bonds is 0. The van der Waals surface area contributed by atoms with Crippen molar-refractivity contribution < 1.29 is 14.3 Å². The zero-order valence-corrected chi connectivity index (χ0v) is 10.9. The average Bonchev–Trinajstić information content (AvgIpc) is 2.68. The molecule has 18 heavy (non-hydrogen) atoms. The smallest absolute Gasteiger partial charge is 0.334 e. The van der Waals surface area contributed by atoms with Crippen LogP contribution in [0.15, 0.2) is 23.3 Å². The highest BCUT2D eigenvalue weighted by atomic mass is 16.6. The van der Waals surface area contributed by atoms with Crippen molar-refractivity contribution in [2.24, 2.45) is 17.8 Å². The molecular weight excluding hydrogens is 228 g/mol. The lowest BCUT2D eigenvalue weighted by Crippen LogP contribution is -2.18. The summed E-state index contributed by atoms with van der Waals surface area (Å²) in [6.45, 7) is 7.94. The van der Waals surface area contributed by atoms with Gasteiger partial charge in [-0.05, 0) is 37.2 Å². The highest BCUT2D eigenvalue weighted by Crippen LogP contribution is 2.48. The Bertz CT molecular complexity index is 486. The van der Waals surface area contributed by atoms with E-state index < -0.39 is 0 Å². The molecule has 3 nitrogen and oxygen atoms in total. The SMILES string of the molecule is C=C1C(=O)O[C@@H]2C[C@H](C)[C@@H]3CC(=O)C(C)=C3C[C@H]12. The van der Waals surface area contributed by atoms with E-state index in [9.17, 15) is 9.59 Å². The van der Waals surface area contributed by atoms with Crippen LogP contribution in [-0.2, 0) is 14.3 Å². The lowest BCUT2D eigenvalue weighted by molar-refractivity contribution is -0.139. The van der Waals surface area contributed by atoms with Gasteiger partial charge in [-0.1, -0.05) is 19.1 Å². The molecule has 96 valence electrons. The molecule has 0 unspecified atom stereocenters. The van der Waals surface area contributed by atoms with Gasteiger partial charge in [0.2, 0.25) is 0 Å². The van der Waals surface area contributed by atoms with Gasteiger partial charge in [0.1, 0.15) is 6.10 Å². The maximum absolute atomic E-state index is 11.9. The largest absolute Gasteiger partial charge is 0.458 e. The van der Waals surface area contributed by atoms with Crippen LogP contribution in [0.25, 0.3) is 0 Å². The molecule has 1 aliphatic heterocycles. The van der Waals surface area contributed by atoms with Gasteiger partial charge in [0.25, 0.3) is 0 Å². The zero-order chi connectivity index (χ0) is 13.0. The third-order valence-corrected chi connectivity index (χ3v) is 4.90. The number of Topliss-reactive ketones (excluding diaryl/α,β-unsaturated/α-hetero) is 1. The van der Waals surface area contributed by atoms with E-state index in [0.717, 1.165) is 18.4 Å². The normalized spacial score (nSPS) is 39.6. The molecule has 0 bridgehead atoms. The van der Waals surface area contributed by atoms with Crippen LogP contribution in [0.2, 0.25) is 0 Å². The standard InChI is InChI=1S/C15H18O3/c1-7-4-14-12(9(3)15(17)18-14)5-11-8(2)13(16)6-10(7)11/h7,10,12,14H,3-6H2,1-2H3/t7-,10-,12+,14+/m0/s1. The second-order valence-electron chi connectivity index (χ2n) is 5.88. The van der Waals surface area contributed by atoms with E-state index >= 15 is 0 Å². The lowest BCUT2D eigenvalue weighted by atomic mass is 9.86. The predicted molar refractivity (Wildman–Crippen MR) is 66.7 cm³/mol. The predicted octanol–water partition coefficient (Wildman–Crippen LogP) is 2.42. The quantitative estimate of drug-likeness (QED) is 0.487. The van der Waals surface area contributed by atoms with Gasteiger partial charge in [-0.15, -0.1) is 0 Å². The van der Waals surface area contributed by atoms with Gasteiger partial charge in [0.05, 0.1) is 0 Å². The third-order valence-electron chi connectivity index (χ3n) is 4.90. The summed E-state index contributed by atoms with van der Waals surface area (Å²) in [5.74, 6) is 0.861. The summed E-state index contributed by atoms with van der Waals surface area (Å²) in [6.07, 6.45) is 2.25. The van der Waals surface area contributed by atoms with E-state index in [4.69, 9.17) is 4.74 Å². The van der Waals surface area contributed by atoms with Gasteiger partial charge in [-0.3, -0.25) is 4.79 Å². The minimum Gasteiger partial charge on any atom is -0.458 e. The second-order valence-corrected chi connectivity index (χ2v) is 5.88. The molecule has 0 aromatic rings. The van der Waals surface area contributed by atoms with Crippen LogP contribution in [0.4, 0.5) is 0 Å². The van der Waals surface area contributed by atoms with Crippen LogP contribution >= 0.6 is 0 Å². The second kappa shape index (κ2) is 3.81. The fourth-order valence-electron chi connectivity index (χ4n) is 3.69. The molecule has 2 aliphatic carbocycles. The number of hydrogen-bond donors (Lipinski definition) is 0. The zero-order valence-electron chi connectivity index (χ0n) is 10.9. The first-order chi connectivity index (χ1) is 8.49. The number of allylic oxidation sites excluding steroid dienone is 2. The highest BCUT2D eigenvalue weighted by molar-refractivity contribution is 5.99.